The molecule has 7 heteroatoms. The molecular formula is C26H29F3N4. The second kappa shape index (κ2) is 9.56. The predicted molar refractivity (Wildman–Crippen MR) is 125 cm³/mol. The van der Waals surface area contributed by atoms with Crippen LogP contribution in [0.2, 0.25) is 0 Å². The average molecular weight is 455 g/mol. The smallest absolute Gasteiger partial charge is 0.334 e. The van der Waals surface area contributed by atoms with E-state index in [1.54, 1.807) is 6.20 Å². The summed E-state index contributed by atoms with van der Waals surface area (Å²) in [5.41, 5.74) is 5.43. The van der Waals surface area contributed by atoms with Crippen molar-refractivity contribution in [1.29, 1.82) is 0 Å². The van der Waals surface area contributed by atoms with Gasteiger partial charge in [-0.25, -0.2) is 0 Å². The van der Waals surface area contributed by atoms with E-state index in [4.69, 9.17) is 0 Å². The summed E-state index contributed by atoms with van der Waals surface area (Å²) in [5, 5.41) is 3.60. The molecular weight excluding hydrogens is 425 g/mol. The largest absolute Gasteiger partial charge is 0.403 e. The topological polar surface area (TPSA) is 42.7 Å². The zero-order chi connectivity index (χ0) is 23.6. The molecule has 1 unspecified atom stereocenters. The molecule has 3 heterocycles. The maximum atomic E-state index is 12.8. The molecule has 0 saturated heterocycles. The summed E-state index contributed by atoms with van der Waals surface area (Å²) in [7, 11) is 0. The van der Waals surface area contributed by atoms with E-state index in [-0.39, 0.29) is 6.54 Å². The molecule has 1 aliphatic carbocycles. The van der Waals surface area contributed by atoms with E-state index in [9.17, 15) is 13.2 Å². The van der Waals surface area contributed by atoms with Gasteiger partial charge in [-0.15, -0.1) is 0 Å². The number of hydrogen-bond donors (Lipinski definition) is 1. The number of unbranched alkanes of at least 4 members (excludes halogenated alkanes) is 1. The predicted octanol–water partition coefficient (Wildman–Crippen LogP) is 6.32. The number of rotatable bonds is 6. The van der Waals surface area contributed by atoms with Gasteiger partial charge in [0.2, 0.25) is 0 Å². The number of aryl methyl sites for hydroxylation is 1. The standard InChI is InChI=1S/C26H29F3N4/c1-4-5-6-10-21-22-13-17(2)30-16-24(22)33(20-8-7-9-20)25(21)23-12-11-19(15-32-23)14-31-18(3)26(27,28)29/h11-13,15-16,18,20,31H,4-5,7-9,14H2,1-3H3. The maximum Gasteiger partial charge on any atom is 0.403 e. The highest BCUT2D eigenvalue weighted by atomic mass is 19.4. The van der Waals surface area contributed by atoms with Crippen LogP contribution in [0.5, 0.6) is 0 Å². The van der Waals surface area contributed by atoms with Gasteiger partial charge in [0, 0.05) is 36.3 Å². The van der Waals surface area contributed by atoms with Gasteiger partial charge in [-0.3, -0.25) is 9.97 Å². The number of halogens is 3. The Morgan fingerprint density at radius 3 is 2.61 bits per heavy atom. The van der Waals surface area contributed by atoms with Crippen LogP contribution in [0, 0.1) is 18.8 Å². The number of nitrogens with zero attached hydrogens (tertiary/aromatic N) is 3. The quantitative estimate of drug-likeness (QED) is 0.443. The number of aromatic nitrogens is 3. The lowest BCUT2D eigenvalue weighted by Crippen LogP contribution is -2.39. The highest BCUT2D eigenvalue weighted by Crippen LogP contribution is 2.42. The van der Waals surface area contributed by atoms with E-state index >= 15 is 0 Å². The van der Waals surface area contributed by atoms with Crippen LogP contribution in [-0.4, -0.2) is 26.8 Å². The lowest BCUT2D eigenvalue weighted by atomic mass is 9.92. The average Bonchev–Trinajstić information content (AvgIpc) is 3.04. The van der Waals surface area contributed by atoms with Crippen LogP contribution < -0.4 is 5.32 Å². The molecule has 0 aliphatic heterocycles. The molecule has 3 aromatic heterocycles. The molecule has 4 nitrogen and oxygen atoms in total. The van der Waals surface area contributed by atoms with Crippen molar-refractivity contribution in [2.45, 2.75) is 77.7 Å². The van der Waals surface area contributed by atoms with Crippen LogP contribution in [0.25, 0.3) is 22.3 Å². The van der Waals surface area contributed by atoms with Crippen molar-refractivity contribution in [2.24, 2.45) is 0 Å². The van der Waals surface area contributed by atoms with Gasteiger partial charge >= 0.3 is 6.18 Å². The summed E-state index contributed by atoms with van der Waals surface area (Å²) in [6, 6.07) is 4.62. The molecule has 1 aliphatic rings. The molecule has 33 heavy (non-hydrogen) atoms. The Hall–Kier alpha value is -2.85. The van der Waals surface area contributed by atoms with E-state index in [1.807, 2.05) is 25.3 Å². The van der Waals surface area contributed by atoms with Crippen molar-refractivity contribution < 1.29 is 13.2 Å². The molecule has 3 aromatic rings. The number of hydrogen-bond acceptors (Lipinski definition) is 3. The highest BCUT2D eigenvalue weighted by Gasteiger charge is 2.35. The first kappa shape index (κ1) is 23.3. The molecule has 0 amide bonds. The van der Waals surface area contributed by atoms with Gasteiger partial charge in [0.15, 0.2) is 0 Å². The summed E-state index contributed by atoms with van der Waals surface area (Å²) in [6.45, 7) is 5.31. The molecule has 4 rings (SSSR count). The van der Waals surface area contributed by atoms with Crippen LogP contribution in [0.15, 0.2) is 30.6 Å². The lowest BCUT2D eigenvalue weighted by Gasteiger charge is -2.30. The number of alkyl halides is 3. The fraction of sp³-hybridized carbons (Fsp3) is 0.462. The van der Waals surface area contributed by atoms with Gasteiger partial charge in [-0.2, -0.15) is 13.2 Å². The van der Waals surface area contributed by atoms with Crippen molar-refractivity contribution >= 4 is 10.9 Å². The third-order valence-corrected chi connectivity index (χ3v) is 6.23. The van der Waals surface area contributed by atoms with E-state index in [2.05, 4.69) is 44.7 Å². The molecule has 0 bridgehead atoms. The minimum absolute atomic E-state index is 0.103. The van der Waals surface area contributed by atoms with Crippen molar-refractivity contribution in [3.63, 3.8) is 0 Å². The summed E-state index contributed by atoms with van der Waals surface area (Å²) >= 11 is 0. The van der Waals surface area contributed by atoms with Crippen molar-refractivity contribution in [1.82, 2.24) is 19.9 Å². The van der Waals surface area contributed by atoms with Crippen LogP contribution in [0.4, 0.5) is 13.2 Å². The molecule has 1 saturated carbocycles. The van der Waals surface area contributed by atoms with E-state index in [1.165, 1.54) is 6.42 Å². The molecule has 0 aromatic carbocycles. The number of fused-ring (bicyclic) bond motifs is 1. The SMILES string of the molecule is CCCC#Cc1c(-c2ccc(CNC(C)C(F)(F)F)cn2)n(C2CCC2)c2cnc(C)cc12. The van der Waals surface area contributed by atoms with E-state index in [0.717, 1.165) is 66.2 Å². The second-order valence-electron chi connectivity index (χ2n) is 8.77. The number of pyridine rings is 2. The Labute approximate surface area is 192 Å². The molecule has 1 fully saturated rings. The molecule has 174 valence electrons. The first-order chi connectivity index (χ1) is 15.8. The fourth-order valence-electron chi connectivity index (χ4n) is 4.05. The normalized spacial score (nSPS) is 15.2. The van der Waals surface area contributed by atoms with Gasteiger partial charge in [-0.1, -0.05) is 24.8 Å². The van der Waals surface area contributed by atoms with Crippen molar-refractivity contribution in [2.75, 3.05) is 0 Å². The Morgan fingerprint density at radius 2 is 2.00 bits per heavy atom. The Bertz CT molecular complexity index is 1180. The zero-order valence-corrected chi connectivity index (χ0v) is 19.3. The summed E-state index contributed by atoms with van der Waals surface area (Å²) in [4.78, 5) is 9.21. The molecule has 0 spiro atoms. The van der Waals surface area contributed by atoms with E-state index in [0.29, 0.717) is 11.6 Å². The van der Waals surface area contributed by atoms with Crippen LogP contribution in [0.3, 0.4) is 0 Å². The monoisotopic (exact) mass is 454 g/mol. The van der Waals surface area contributed by atoms with Gasteiger partial charge < -0.3 is 9.88 Å². The first-order valence-electron chi connectivity index (χ1n) is 11.5. The maximum absolute atomic E-state index is 12.8. The molecule has 0 radical (unpaired) electrons. The van der Waals surface area contributed by atoms with E-state index < -0.39 is 12.2 Å². The Morgan fingerprint density at radius 1 is 1.21 bits per heavy atom. The minimum Gasteiger partial charge on any atom is -0.334 e. The summed E-state index contributed by atoms with van der Waals surface area (Å²) < 4.78 is 40.7. The second-order valence-corrected chi connectivity index (χ2v) is 8.77. The minimum atomic E-state index is -4.27. The first-order valence-corrected chi connectivity index (χ1v) is 11.5. The summed E-state index contributed by atoms with van der Waals surface area (Å²) in [6.07, 6.45) is 4.50. The Balaban J connectivity index is 1.76. The molecule has 1 atom stereocenters. The van der Waals surface area contributed by atoms with Crippen LogP contribution in [0.1, 0.15) is 68.8 Å². The highest BCUT2D eigenvalue weighted by molar-refractivity contribution is 5.94. The fourth-order valence-corrected chi connectivity index (χ4v) is 4.05. The van der Waals surface area contributed by atoms with Crippen molar-refractivity contribution in [3.05, 3.63) is 47.4 Å². The van der Waals surface area contributed by atoms with Crippen LogP contribution >= 0.6 is 0 Å². The lowest BCUT2D eigenvalue weighted by molar-refractivity contribution is -0.151. The summed E-state index contributed by atoms with van der Waals surface area (Å²) in [5.74, 6) is 6.69. The van der Waals surface area contributed by atoms with Crippen LogP contribution in [-0.2, 0) is 6.54 Å². The van der Waals surface area contributed by atoms with Gasteiger partial charge in [0.05, 0.1) is 28.7 Å². The zero-order valence-electron chi connectivity index (χ0n) is 19.3. The van der Waals surface area contributed by atoms with Gasteiger partial charge in [0.25, 0.3) is 0 Å². The third-order valence-electron chi connectivity index (χ3n) is 6.23. The third kappa shape index (κ3) is 4.91. The van der Waals surface area contributed by atoms with Crippen molar-refractivity contribution in [3.8, 4) is 23.2 Å². The molecule has 1 N–H and O–H groups in total. The van der Waals surface area contributed by atoms with Gasteiger partial charge in [-0.05, 0) is 57.2 Å². The van der Waals surface area contributed by atoms with Gasteiger partial charge in [0.1, 0.15) is 6.04 Å². The number of nitrogens with one attached hydrogen (secondary N) is 1. The Kier molecular flexibility index (Phi) is 6.76.